The van der Waals surface area contributed by atoms with Gasteiger partial charge in [0.15, 0.2) is 6.23 Å². The zero-order valence-electron chi connectivity index (χ0n) is 19.6. The Balaban J connectivity index is 1.57. The quantitative estimate of drug-likeness (QED) is 0.314. The van der Waals surface area contributed by atoms with Gasteiger partial charge in [0.1, 0.15) is 35.5 Å². The summed E-state index contributed by atoms with van der Waals surface area (Å²) in [5, 5.41) is 23.5. The van der Waals surface area contributed by atoms with Crippen molar-refractivity contribution in [3.63, 3.8) is 0 Å². The minimum atomic E-state index is -4.35. The number of carbonyl (C=O) groups is 1. The molecule has 0 spiro atoms. The molecule has 1 aliphatic heterocycles. The third-order valence-electron chi connectivity index (χ3n) is 5.69. The van der Waals surface area contributed by atoms with Gasteiger partial charge in [0.05, 0.1) is 12.2 Å². The van der Waals surface area contributed by atoms with Gasteiger partial charge in [-0.05, 0) is 32.9 Å². The van der Waals surface area contributed by atoms with Crippen LogP contribution in [0.4, 0.5) is 0 Å². The Kier molecular flexibility index (Phi) is 6.92. The highest BCUT2D eigenvalue weighted by Crippen LogP contribution is 2.63. The van der Waals surface area contributed by atoms with Gasteiger partial charge >= 0.3 is 19.4 Å². The van der Waals surface area contributed by atoms with E-state index in [2.05, 4.69) is 10.1 Å². The van der Waals surface area contributed by atoms with Crippen molar-refractivity contribution < 1.29 is 33.0 Å². The number of rotatable bonds is 9. The highest BCUT2D eigenvalue weighted by Gasteiger charge is 2.79. The number of aromatic nitrogens is 2. The average Bonchev–Trinajstić information content (AvgIpc) is 3.20. The summed E-state index contributed by atoms with van der Waals surface area (Å²) >= 11 is 0. The van der Waals surface area contributed by atoms with Crippen LogP contribution >= 0.6 is 7.75 Å². The molecule has 2 aliphatic rings. The third kappa shape index (κ3) is 4.86. The summed E-state index contributed by atoms with van der Waals surface area (Å²) in [5.41, 5.74) is -3.40. The van der Waals surface area contributed by atoms with Crippen LogP contribution in [-0.2, 0) is 23.4 Å². The zero-order valence-corrected chi connectivity index (χ0v) is 20.5. The molecule has 4 rings (SSSR count). The van der Waals surface area contributed by atoms with Crippen LogP contribution in [0.5, 0.6) is 5.75 Å². The first-order valence-corrected chi connectivity index (χ1v) is 12.6. The SMILES string of the molecule is CC(C)OC(=O)[C@@H](C)NP(=O)(Oc1ccccc1)OC1[C@H]2O[C@@H](n3ccc(=O)[nH]c3=O)[C@H](C#N)[C@@]12O. The van der Waals surface area contributed by atoms with Crippen molar-refractivity contribution in [2.45, 2.75) is 57.0 Å². The van der Waals surface area contributed by atoms with Gasteiger partial charge in [-0.3, -0.25) is 23.7 Å². The molecule has 13 nitrogen and oxygen atoms in total. The average molecular weight is 520 g/mol. The van der Waals surface area contributed by atoms with Gasteiger partial charge < -0.3 is 19.1 Å². The number of benzene rings is 1. The number of aliphatic hydroxyl groups is 1. The van der Waals surface area contributed by atoms with E-state index in [1.807, 2.05) is 6.07 Å². The first-order valence-electron chi connectivity index (χ1n) is 11.1. The molecule has 1 saturated heterocycles. The smallest absolute Gasteiger partial charge is 0.459 e. The molecule has 2 heterocycles. The fourth-order valence-corrected chi connectivity index (χ4v) is 5.67. The number of nitriles is 1. The number of carbonyl (C=O) groups excluding carboxylic acids is 1. The Morgan fingerprint density at radius 1 is 1.28 bits per heavy atom. The second-order valence-corrected chi connectivity index (χ2v) is 10.4. The zero-order chi connectivity index (χ0) is 26.3. The van der Waals surface area contributed by atoms with E-state index in [1.54, 1.807) is 32.0 Å². The molecule has 1 aromatic carbocycles. The first kappa shape index (κ1) is 25.8. The normalized spacial score (nSPS) is 29.0. The Morgan fingerprint density at radius 2 is 1.97 bits per heavy atom. The second kappa shape index (κ2) is 9.65. The number of aromatic amines is 1. The van der Waals surface area contributed by atoms with Crippen molar-refractivity contribution in [3.05, 3.63) is 63.4 Å². The highest BCUT2D eigenvalue weighted by molar-refractivity contribution is 7.52. The van der Waals surface area contributed by atoms with Crippen molar-refractivity contribution in [2.75, 3.05) is 0 Å². The molecule has 1 saturated carbocycles. The van der Waals surface area contributed by atoms with Crippen LogP contribution in [-0.4, -0.2) is 50.6 Å². The van der Waals surface area contributed by atoms with Crippen LogP contribution in [0.1, 0.15) is 27.0 Å². The summed E-state index contributed by atoms with van der Waals surface area (Å²) in [6, 6.07) is 9.88. The lowest BCUT2D eigenvalue weighted by atomic mass is 10.0. The fraction of sp³-hybridized carbons (Fsp3) is 0.455. The van der Waals surface area contributed by atoms with Gasteiger partial charge in [-0.15, -0.1) is 0 Å². The molecule has 36 heavy (non-hydrogen) atoms. The molecule has 0 radical (unpaired) electrons. The number of fused-ring (bicyclic) bond motifs is 1. The lowest BCUT2D eigenvalue weighted by Gasteiger charge is -2.26. The summed E-state index contributed by atoms with van der Waals surface area (Å²) in [7, 11) is -4.35. The van der Waals surface area contributed by atoms with E-state index in [4.69, 9.17) is 18.5 Å². The molecule has 0 bridgehead atoms. The maximum Gasteiger partial charge on any atom is 0.459 e. The molecule has 1 aliphatic carbocycles. The maximum absolute atomic E-state index is 13.7. The third-order valence-corrected chi connectivity index (χ3v) is 7.35. The molecule has 0 amide bonds. The minimum Gasteiger partial charge on any atom is -0.462 e. The van der Waals surface area contributed by atoms with Crippen LogP contribution in [0.2, 0.25) is 0 Å². The van der Waals surface area contributed by atoms with Gasteiger partial charge in [-0.1, -0.05) is 18.2 Å². The minimum absolute atomic E-state index is 0.158. The lowest BCUT2D eigenvalue weighted by molar-refractivity contribution is -0.149. The van der Waals surface area contributed by atoms with E-state index in [0.29, 0.717) is 0 Å². The Hall–Kier alpha value is -3.27. The second-order valence-electron chi connectivity index (χ2n) is 8.72. The molecule has 2 unspecified atom stereocenters. The van der Waals surface area contributed by atoms with Gasteiger partial charge in [0.25, 0.3) is 5.56 Å². The summed E-state index contributed by atoms with van der Waals surface area (Å²) in [6.45, 7) is 4.72. The molecule has 2 aromatic rings. The van der Waals surface area contributed by atoms with Gasteiger partial charge in [0.2, 0.25) is 0 Å². The largest absolute Gasteiger partial charge is 0.462 e. The number of hydrogen-bond donors (Lipinski definition) is 3. The standard InChI is InChI=1S/C22H25N4O9P/c1-12(2)32-20(28)13(3)25-36(31,34-14-7-5-4-6-8-14)35-18-17-22(18,30)15(11-23)19(33-17)26-10-9-16(27)24-21(26)29/h4-10,12-13,15,17-19,30H,1-3H3,(H,25,31)(H,24,27,29)/t13-,15+,17-,18?,19-,22+,36?/m1/s1. The maximum atomic E-state index is 13.7. The van der Waals surface area contributed by atoms with Gasteiger partial charge in [0, 0.05) is 12.3 Å². The number of para-hydroxylation sites is 1. The Bertz CT molecular complexity index is 1340. The molecule has 14 heteroatoms. The summed E-state index contributed by atoms with van der Waals surface area (Å²) in [5.74, 6) is -1.86. The van der Waals surface area contributed by atoms with Crippen molar-refractivity contribution in [1.82, 2.24) is 14.6 Å². The number of ether oxygens (including phenoxy) is 2. The lowest BCUT2D eigenvalue weighted by Crippen LogP contribution is -2.39. The molecular weight excluding hydrogens is 495 g/mol. The van der Waals surface area contributed by atoms with Crippen LogP contribution < -0.4 is 20.9 Å². The van der Waals surface area contributed by atoms with Crippen molar-refractivity contribution in [1.29, 1.82) is 5.26 Å². The number of H-pyrrole nitrogens is 1. The van der Waals surface area contributed by atoms with Crippen LogP contribution in [0.3, 0.4) is 0 Å². The Labute approximate surface area is 205 Å². The van der Waals surface area contributed by atoms with Crippen molar-refractivity contribution >= 4 is 13.7 Å². The number of nitrogens with zero attached hydrogens (tertiary/aromatic N) is 2. The van der Waals surface area contributed by atoms with E-state index >= 15 is 0 Å². The first-order chi connectivity index (χ1) is 17.0. The summed E-state index contributed by atoms with van der Waals surface area (Å²) in [6.07, 6.45) is -2.92. The summed E-state index contributed by atoms with van der Waals surface area (Å²) in [4.78, 5) is 37.9. The number of esters is 1. The summed E-state index contributed by atoms with van der Waals surface area (Å²) < 4.78 is 36.8. The van der Waals surface area contributed by atoms with E-state index in [-0.39, 0.29) is 5.75 Å². The number of hydrogen-bond acceptors (Lipinski definition) is 10. The van der Waals surface area contributed by atoms with Crippen LogP contribution in [0.25, 0.3) is 0 Å². The number of nitrogens with one attached hydrogen (secondary N) is 2. The Morgan fingerprint density at radius 3 is 2.58 bits per heavy atom. The van der Waals surface area contributed by atoms with E-state index < -0.39 is 67.1 Å². The molecule has 192 valence electrons. The van der Waals surface area contributed by atoms with Crippen LogP contribution in [0.15, 0.2) is 52.2 Å². The van der Waals surface area contributed by atoms with Gasteiger partial charge in [-0.25, -0.2) is 9.36 Å². The van der Waals surface area contributed by atoms with Crippen molar-refractivity contribution in [2.24, 2.45) is 5.92 Å². The molecular formula is C22H25N4O9P. The van der Waals surface area contributed by atoms with E-state index in [1.165, 1.54) is 19.1 Å². The monoisotopic (exact) mass is 520 g/mol. The highest BCUT2D eigenvalue weighted by atomic mass is 31.2. The molecule has 7 atom stereocenters. The fourth-order valence-electron chi connectivity index (χ4n) is 3.96. The van der Waals surface area contributed by atoms with E-state index in [9.17, 15) is 29.3 Å². The van der Waals surface area contributed by atoms with Crippen LogP contribution in [0, 0.1) is 17.2 Å². The molecule has 1 aromatic heterocycles. The molecule has 2 fully saturated rings. The van der Waals surface area contributed by atoms with E-state index in [0.717, 1.165) is 16.8 Å². The van der Waals surface area contributed by atoms with Crippen molar-refractivity contribution in [3.8, 4) is 11.8 Å². The van der Waals surface area contributed by atoms with Gasteiger partial charge in [-0.2, -0.15) is 10.3 Å². The topological polar surface area (TPSA) is 182 Å². The molecule has 3 N–H and O–H groups in total. The predicted molar refractivity (Wildman–Crippen MR) is 123 cm³/mol. The predicted octanol–water partition coefficient (Wildman–Crippen LogP) is 0.820.